The van der Waals surface area contributed by atoms with E-state index in [9.17, 15) is 4.79 Å². The van der Waals surface area contributed by atoms with Gasteiger partial charge in [-0.25, -0.2) is 4.68 Å². The van der Waals surface area contributed by atoms with Crippen molar-refractivity contribution in [2.45, 2.75) is 32.4 Å². The summed E-state index contributed by atoms with van der Waals surface area (Å²) in [6, 6.07) is 8.42. The topological polar surface area (TPSA) is 81.9 Å². The minimum atomic E-state index is -0.0921. The summed E-state index contributed by atoms with van der Waals surface area (Å²) in [6.07, 6.45) is 3.54. The molecule has 1 aliphatic rings. The van der Waals surface area contributed by atoms with Crippen molar-refractivity contribution >= 4 is 5.91 Å². The van der Waals surface area contributed by atoms with Crippen LogP contribution in [0.15, 0.2) is 30.6 Å². The number of nitrogens with one attached hydrogen (secondary N) is 1. The number of rotatable bonds is 5. The summed E-state index contributed by atoms with van der Waals surface area (Å²) in [7, 11) is 0. The Hall–Kier alpha value is -2.28. The minimum absolute atomic E-state index is 0.0395. The van der Waals surface area contributed by atoms with Crippen molar-refractivity contribution in [2.24, 2.45) is 5.92 Å². The lowest BCUT2D eigenvalue weighted by Crippen LogP contribution is -2.36. The first-order valence-corrected chi connectivity index (χ1v) is 7.88. The van der Waals surface area contributed by atoms with Crippen molar-refractivity contribution in [1.82, 2.24) is 25.5 Å². The van der Waals surface area contributed by atoms with Gasteiger partial charge in [0.25, 0.3) is 0 Å². The molecule has 7 nitrogen and oxygen atoms in total. The van der Waals surface area contributed by atoms with E-state index in [2.05, 4.69) is 52.0 Å². The molecule has 2 atom stereocenters. The molecule has 3 rings (SSSR count). The van der Waals surface area contributed by atoms with E-state index in [0.717, 1.165) is 19.4 Å². The van der Waals surface area contributed by atoms with E-state index in [1.165, 1.54) is 22.1 Å². The van der Waals surface area contributed by atoms with Gasteiger partial charge in [-0.05, 0) is 35.8 Å². The van der Waals surface area contributed by atoms with Gasteiger partial charge in [-0.2, -0.15) is 0 Å². The number of carbonyl (C=O) groups is 1. The molecule has 0 aliphatic carbocycles. The second kappa shape index (κ2) is 7.32. The normalized spacial score (nSPS) is 21.1. The van der Waals surface area contributed by atoms with Gasteiger partial charge in [-0.15, -0.1) is 5.10 Å². The zero-order valence-corrected chi connectivity index (χ0v) is 13.2. The number of nitrogens with zero attached hydrogens (tertiary/aromatic N) is 4. The van der Waals surface area contributed by atoms with Crippen molar-refractivity contribution in [1.29, 1.82) is 0 Å². The number of benzene rings is 1. The zero-order chi connectivity index (χ0) is 16.1. The van der Waals surface area contributed by atoms with Gasteiger partial charge in [0.2, 0.25) is 5.91 Å². The smallest absolute Gasteiger partial charge is 0.241 e. The Morgan fingerprint density at radius 3 is 2.96 bits per heavy atom. The third kappa shape index (κ3) is 4.13. The van der Waals surface area contributed by atoms with Crippen LogP contribution in [0.4, 0.5) is 0 Å². The predicted molar refractivity (Wildman–Crippen MR) is 83.4 cm³/mol. The van der Waals surface area contributed by atoms with Gasteiger partial charge in [0, 0.05) is 19.1 Å². The van der Waals surface area contributed by atoms with Crippen molar-refractivity contribution in [3.63, 3.8) is 0 Å². The number of amides is 1. The van der Waals surface area contributed by atoms with Crippen LogP contribution in [0.3, 0.4) is 0 Å². The fourth-order valence-corrected chi connectivity index (χ4v) is 2.88. The summed E-state index contributed by atoms with van der Waals surface area (Å²) in [6.45, 7) is 3.57. The van der Waals surface area contributed by atoms with Crippen LogP contribution >= 0.6 is 0 Å². The van der Waals surface area contributed by atoms with E-state index in [-0.39, 0.29) is 24.5 Å². The maximum absolute atomic E-state index is 12.0. The molecule has 0 bridgehead atoms. The second-order valence-corrected chi connectivity index (χ2v) is 5.92. The van der Waals surface area contributed by atoms with Crippen molar-refractivity contribution in [2.75, 3.05) is 13.2 Å². The average Bonchev–Trinajstić information content (AvgIpc) is 3.07. The number of hydrogen-bond donors (Lipinski definition) is 1. The zero-order valence-electron chi connectivity index (χ0n) is 13.2. The van der Waals surface area contributed by atoms with Crippen LogP contribution in [0.5, 0.6) is 0 Å². The van der Waals surface area contributed by atoms with Crippen molar-refractivity contribution in [3.05, 3.63) is 41.7 Å². The summed E-state index contributed by atoms with van der Waals surface area (Å²) in [5, 5.41) is 13.7. The molecular formula is C16H21N5O2. The number of tetrazole rings is 1. The molecule has 0 saturated carbocycles. The van der Waals surface area contributed by atoms with E-state index in [4.69, 9.17) is 4.74 Å². The van der Waals surface area contributed by atoms with Crippen LogP contribution in [-0.2, 0) is 16.1 Å². The lowest BCUT2D eigenvalue weighted by Gasteiger charge is -2.32. The Balaban J connectivity index is 1.58. The van der Waals surface area contributed by atoms with Crippen molar-refractivity contribution < 1.29 is 9.53 Å². The summed E-state index contributed by atoms with van der Waals surface area (Å²) >= 11 is 0. The number of aromatic nitrogens is 4. The first kappa shape index (κ1) is 15.6. The summed E-state index contributed by atoms with van der Waals surface area (Å²) in [5.41, 5.74) is 2.41. The Labute approximate surface area is 135 Å². The summed E-state index contributed by atoms with van der Waals surface area (Å²) < 4.78 is 7.37. The maximum atomic E-state index is 12.0. The highest BCUT2D eigenvalue weighted by atomic mass is 16.5. The molecule has 1 aliphatic heterocycles. The van der Waals surface area contributed by atoms with E-state index >= 15 is 0 Å². The Morgan fingerprint density at radius 1 is 1.39 bits per heavy atom. The summed E-state index contributed by atoms with van der Waals surface area (Å²) in [4.78, 5) is 12.0. The molecule has 0 unspecified atom stereocenters. The molecule has 2 aromatic rings. The minimum Gasteiger partial charge on any atom is -0.373 e. The lowest BCUT2D eigenvalue weighted by molar-refractivity contribution is -0.122. The lowest BCUT2D eigenvalue weighted by atomic mass is 9.89. The van der Waals surface area contributed by atoms with Crippen LogP contribution < -0.4 is 5.32 Å². The third-order valence-corrected chi connectivity index (χ3v) is 4.11. The van der Waals surface area contributed by atoms with Gasteiger partial charge in [0.05, 0.1) is 6.10 Å². The standard InChI is InChI=1S/C16H21N5O2/c1-12-4-6-13(7-5-12)16-14(3-2-8-23-16)9-17-15(22)10-21-11-18-19-20-21/h4-7,11,14,16H,2-3,8-10H2,1H3,(H,17,22)/t14-,16-/m0/s1. The van der Waals surface area contributed by atoms with E-state index < -0.39 is 0 Å². The predicted octanol–water partition coefficient (Wildman–Crippen LogP) is 1.27. The Kier molecular flexibility index (Phi) is 4.97. The number of hydrogen-bond acceptors (Lipinski definition) is 5. The van der Waals surface area contributed by atoms with Gasteiger partial charge in [-0.3, -0.25) is 4.79 Å². The average molecular weight is 315 g/mol. The van der Waals surface area contributed by atoms with Gasteiger partial charge in [-0.1, -0.05) is 29.8 Å². The molecule has 2 heterocycles. The first-order valence-electron chi connectivity index (χ1n) is 7.88. The van der Waals surface area contributed by atoms with E-state index in [0.29, 0.717) is 6.54 Å². The largest absolute Gasteiger partial charge is 0.373 e. The highest BCUT2D eigenvalue weighted by Gasteiger charge is 2.27. The van der Waals surface area contributed by atoms with E-state index in [1.807, 2.05) is 0 Å². The van der Waals surface area contributed by atoms with Crippen LogP contribution in [0.2, 0.25) is 0 Å². The van der Waals surface area contributed by atoms with Crippen molar-refractivity contribution in [3.8, 4) is 0 Å². The third-order valence-electron chi connectivity index (χ3n) is 4.11. The number of ether oxygens (including phenoxy) is 1. The number of aryl methyl sites for hydroxylation is 1. The van der Waals surface area contributed by atoms with Gasteiger partial charge < -0.3 is 10.1 Å². The van der Waals surface area contributed by atoms with Crippen LogP contribution in [0, 0.1) is 12.8 Å². The molecule has 1 fully saturated rings. The fraction of sp³-hybridized carbons (Fsp3) is 0.500. The molecule has 0 radical (unpaired) electrons. The Bertz CT molecular complexity index is 626. The SMILES string of the molecule is Cc1ccc([C@@H]2OCCC[C@H]2CNC(=O)Cn2cnnn2)cc1. The van der Waals surface area contributed by atoms with Crippen LogP contribution in [0.25, 0.3) is 0 Å². The molecule has 1 N–H and O–H groups in total. The van der Waals surface area contributed by atoms with Crippen LogP contribution in [0.1, 0.15) is 30.1 Å². The Morgan fingerprint density at radius 2 is 2.22 bits per heavy atom. The molecule has 122 valence electrons. The molecule has 1 aromatic carbocycles. The molecular weight excluding hydrogens is 294 g/mol. The molecule has 7 heteroatoms. The maximum Gasteiger partial charge on any atom is 0.241 e. The van der Waals surface area contributed by atoms with Gasteiger partial charge in [0.15, 0.2) is 0 Å². The monoisotopic (exact) mass is 315 g/mol. The molecule has 0 spiro atoms. The highest BCUT2D eigenvalue weighted by Crippen LogP contribution is 2.33. The molecule has 1 amide bonds. The first-order chi connectivity index (χ1) is 11.2. The molecule has 1 aromatic heterocycles. The van der Waals surface area contributed by atoms with E-state index in [1.54, 1.807) is 0 Å². The van der Waals surface area contributed by atoms with Crippen LogP contribution in [-0.4, -0.2) is 39.3 Å². The highest BCUT2D eigenvalue weighted by molar-refractivity contribution is 5.75. The van der Waals surface area contributed by atoms with Gasteiger partial charge >= 0.3 is 0 Å². The van der Waals surface area contributed by atoms with Gasteiger partial charge in [0.1, 0.15) is 12.9 Å². The fourth-order valence-electron chi connectivity index (χ4n) is 2.88. The summed E-state index contributed by atoms with van der Waals surface area (Å²) in [5.74, 6) is 0.190. The quantitative estimate of drug-likeness (QED) is 0.898. The molecule has 1 saturated heterocycles. The second-order valence-electron chi connectivity index (χ2n) is 5.92. The number of carbonyl (C=O) groups excluding carboxylic acids is 1. The molecule has 23 heavy (non-hydrogen) atoms.